The van der Waals surface area contributed by atoms with Crippen molar-refractivity contribution in [3.63, 3.8) is 0 Å². The minimum Gasteiger partial charge on any atom is -0.382 e. The lowest BCUT2D eigenvalue weighted by Crippen LogP contribution is -2.38. The normalized spacial score (nSPS) is 11.2. The second-order valence-corrected chi connectivity index (χ2v) is 5.06. The van der Waals surface area contributed by atoms with Crippen molar-refractivity contribution in [1.29, 1.82) is 0 Å². The van der Waals surface area contributed by atoms with Crippen molar-refractivity contribution in [2.24, 2.45) is 12.0 Å². The number of ether oxygens (including phenoxy) is 2. The highest BCUT2D eigenvalue weighted by Gasteiger charge is 2.09. The van der Waals surface area contributed by atoms with Crippen LogP contribution in [0.2, 0.25) is 10.2 Å². The van der Waals surface area contributed by atoms with Crippen LogP contribution in [-0.4, -0.2) is 51.0 Å². The number of methoxy groups -OCH3 is 1. The number of aromatic nitrogens is 1. The largest absolute Gasteiger partial charge is 0.382 e. The van der Waals surface area contributed by atoms with Crippen molar-refractivity contribution in [1.82, 2.24) is 15.2 Å². The van der Waals surface area contributed by atoms with E-state index < -0.39 is 0 Å². The SMILES string of the molecule is CN=C(NCCOCCOC)NCc1cc(Cl)c(Cl)n1C.I. The summed E-state index contributed by atoms with van der Waals surface area (Å²) in [7, 11) is 5.23. The summed E-state index contributed by atoms with van der Waals surface area (Å²) in [6.45, 7) is 3.02. The Kier molecular flexibility index (Phi) is 12.1. The predicted molar refractivity (Wildman–Crippen MR) is 102 cm³/mol. The number of hydrogen-bond acceptors (Lipinski definition) is 3. The van der Waals surface area contributed by atoms with Gasteiger partial charge in [0.15, 0.2) is 5.96 Å². The summed E-state index contributed by atoms with van der Waals surface area (Å²) >= 11 is 12.0. The minimum atomic E-state index is 0. The second kappa shape index (κ2) is 12.2. The maximum absolute atomic E-state index is 6.02. The first-order chi connectivity index (χ1) is 10.1. The van der Waals surface area contributed by atoms with E-state index in [9.17, 15) is 0 Å². The van der Waals surface area contributed by atoms with E-state index in [0.29, 0.717) is 49.0 Å². The van der Waals surface area contributed by atoms with Gasteiger partial charge in [-0.3, -0.25) is 4.99 Å². The summed E-state index contributed by atoms with van der Waals surface area (Å²) in [5, 5.41) is 7.42. The van der Waals surface area contributed by atoms with Gasteiger partial charge >= 0.3 is 0 Å². The van der Waals surface area contributed by atoms with Crippen molar-refractivity contribution in [2.75, 3.05) is 40.5 Å². The van der Waals surface area contributed by atoms with Crippen LogP contribution >= 0.6 is 47.2 Å². The number of guanidine groups is 1. The number of hydrogen-bond donors (Lipinski definition) is 2. The molecular formula is C13H23Cl2IN4O2. The fourth-order valence-corrected chi connectivity index (χ4v) is 2.06. The molecule has 0 aliphatic rings. The molecule has 1 aromatic rings. The zero-order valence-corrected chi connectivity index (χ0v) is 16.8. The third-order valence-corrected chi connectivity index (χ3v) is 3.69. The van der Waals surface area contributed by atoms with E-state index in [1.807, 2.05) is 17.7 Å². The summed E-state index contributed by atoms with van der Waals surface area (Å²) in [6.07, 6.45) is 0. The van der Waals surface area contributed by atoms with Gasteiger partial charge in [0, 0.05) is 33.4 Å². The van der Waals surface area contributed by atoms with Crippen molar-refractivity contribution < 1.29 is 9.47 Å². The van der Waals surface area contributed by atoms with Crippen LogP contribution in [0, 0.1) is 0 Å². The van der Waals surface area contributed by atoms with E-state index in [4.69, 9.17) is 32.7 Å². The van der Waals surface area contributed by atoms with Crippen molar-refractivity contribution >= 4 is 53.1 Å². The molecule has 9 heteroatoms. The Morgan fingerprint density at radius 3 is 2.55 bits per heavy atom. The van der Waals surface area contributed by atoms with Crippen LogP contribution in [0.25, 0.3) is 0 Å². The van der Waals surface area contributed by atoms with Gasteiger partial charge in [0.25, 0.3) is 0 Å². The zero-order chi connectivity index (χ0) is 15.7. The molecule has 0 unspecified atom stereocenters. The summed E-state index contributed by atoms with van der Waals surface area (Å²) in [6, 6.07) is 1.83. The summed E-state index contributed by atoms with van der Waals surface area (Å²) in [5.74, 6) is 0.693. The average molecular weight is 465 g/mol. The fraction of sp³-hybridized carbons (Fsp3) is 0.615. The quantitative estimate of drug-likeness (QED) is 0.268. The second-order valence-electron chi connectivity index (χ2n) is 4.29. The molecule has 0 aliphatic heterocycles. The molecule has 6 nitrogen and oxygen atoms in total. The van der Waals surface area contributed by atoms with E-state index in [1.165, 1.54) is 0 Å². The molecule has 1 aromatic heterocycles. The van der Waals surface area contributed by atoms with Gasteiger partial charge in [-0.1, -0.05) is 23.2 Å². The number of aliphatic imine (C=N–C) groups is 1. The molecular weight excluding hydrogens is 442 g/mol. The molecule has 0 atom stereocenters. The monoisotopic (exact) mass is 464 g/mol. The first-order valence-corrected chi connectivity index (χ1v) is 7.36. The molecule has 1 heterocycles. The number of nitrogens with zero attached hydrogens (tertiary/aromatic N) is 2. The van der Waals surface area contributed by atoms with Crippen LogP contribution in [0.15, 0.2) is 11.1 Å². The third-order valence-electron chi connectivity index (χ3n) is 2.85. The first kappa shape index (κ1) is 21.8. The standard InChI is InChI=1S/C13H22Cl2N4O2.HI/c1-16-13(17-4-5-21-7-6-20-3)18-9-10-8-11(14)12(15)19(10)2;/h8H,4-7,9H2,1-3H3,(H2,16,17,18);1H. The van der Waals surface area contributed by atoms with Gasteiger partial charge in [-0.15, -0.1) is 24.0 Å². The minimum absolute atomic E-state index is 0. The Hall–Kier alpha value is -0.220. The molecule has 0 aliphatic carbocycles. The van der Waals surface area contributed by atoms with E-state index >= 15 is 0 Å². The van der Waals surface area contributed by atoms with Crippen LogP contribution in [0.5, 0.6) is 0 Å². The van der Waals surface area contributed by atoms with Gasteiger partial charge in [0.05, 0.1) is 31.4 Å². The first-order valence-electron chi connectivity index (χ1n) is 6.61. The van der Waals surface area contributed by atoms with Crippen molar-refractivity contribution in [2.45, 2.75) is 6.54 Å². The average Bonchev–Trinajstić information content (AvgIpc) is 2.73. The Morgan fingerprint density at radius 2 is 2.00 bits per heavy atom. The summed E-state index contributed by atoms with van der Waals surface area (Å²) in [5.41, 5.74) is 0.976. The lowest BCUT2D eigenvalue weighted by atomic mass is 10.4. The molecule has 0 saturated heterocycles. The lowest BCUT2D eigenvalue weighted by molar-refractivity contribution is 0.0733. The number of halogens is 3. The topological polar surface area (TPSA) is 59.8 Å². The molecule has 0 amide bonds. The molecule has 0 spiro atoms. The lowest BCUT2D eigenvalue weighted by Gasteiger charge is -2.12. The van der Waals surface area contributed by atoms with Crippen LogP contribution in [0.4, 0.5) is 0 Å². The van der Waals surface area contributed by atoms with Gasteiger partial charge in [-0.05, 0) is 6.07 Å². The third kappa shape index (κ3) is 7.36. The van der Waals surface area contributed by atoms with Gasteiger partial charge in [0.2, 0.25) is 0 Å². The molecule has 22 heavy (non-hydrogen) atoms. The van der Waals surface area contributed by atoms with E-state index in [2.05, 4.69) is 15.6 Å². The van der Waals surface area contributed by atoms with E-state index in [-0.39, 0.29) is 24.0 Å². The Balaban J connectivity index is 0.00000441. The van der Waals surface area contributed by atoms with Crippen LogP contribution in [-0.2, 0) is 23.1 Å². The molecule has 128 valence electrons. The zero-order valence-electron chi connectivity index (χ0n) is 13.0. The maximum atomic E-state index is 6.02. The maximum Gasteiger partial charge on any atom is 0.191 e. The highest BCUT2D eigenvalue weighted by atomic mass is 127. The number of nitrogens with one attached hydrogen (secondary N) is 2. The van der Waals surface area contributed by atoms with Gasteiger partial charge in [0.1, 0.15) is 5.15 Å². The Labute approximate surface area is 158 Å². The Bertz CT molecular complexity index is 469. The Morgan fingerprint density at radius 1 is 1.27 bits per heavy atom. The van der Waals surface area contributed by atoms with Crippen LogP contribution in [0.1, 0.15) is 5.69 Å². The number of rotatable bonds is 8. The molecule has 0 bridgehead atoms. The van der Waals surface area contributed by atoms with Gasteiger partial charge in [-0.25, -0.2) is 0 Å². The highest BCUT2D eigenvalue weighted by Crippen LogP contribution is 2.24. The predicted octanol–water partition coefficient (Wildman–Crippen LogP) is 2.28. The molecule has 1 rings (SSSR count). The van der Waals surface area contributed by atoms with Crippen LogP contribution in [0.3, 0.4) is 0 Å². The smallest absolute Gasteiger partial charge is 0.191 e. The van der Waals surface area contributed by atoms with E-state index in [1.54, 1.807) is 14.2 Å². The van der Waals surface area contributed by atoms with Crippen LogP contribution < -0.4 is 10.6 Å². The summed E-state index contributed by atoms with van der Waals surface area (Å²) < 4.78 is 12.1. The van der Waals surface area contributed by atoms with E-state index in [0.717, 1.165) is 5.69 Å². The van der Waals surface area contributed by atoms with Gasteiger partial charge < -0.3 is 24.7 Å². The molecule has 0 radical (unpaired) electrons. The van der Waals surface area contributed by atoms with Crippen molar-refractivity contribution in [3.8, 4) is 0 Å². The molecule has 0 aromatic carbocycles. The highest BCUT2D eigenvalue weighted by molar-refractivity contribution is 14.0. The molecule has 0 saturated carbocycles. The fourth-order valence-electron chi connectivity index (χ4n) is 1.64. The van der Waals surface area contributed by atoms with Crippen molar-refractivity contribution in [3.05, 3.63) is 21.9 Å². The molecule has 0 fully saturated rings. The van der Waals surface area contributed by atoms with Gasteiger partial charge in [-0.2, -0.15) is 0 Å². The molecule has 2 N–H and O–H groups in total. The summed E-state index contributed by atoms with van der Waals surface area (Å²) in [4.78, 5) is 4.13.